The summed E-state index contributed by atoms with van der Waals surface area (Å²) in [5.41, 5.74) is -1.79. The molecule has 2 heterocycles. The molecule has 1 unspecified atom stereocenters. The number of carbonyl (C=O) groups is 1. The zero-order chi connectivity index (χ0) is 28.6. The summed E-state index contributed by atoms with van der Waals surface area (Å²) in [4.78, 5) is 39.2. The molecular formula is C26H25F3N4O5S. The number of alkyl halides is 3. The summed E-state index contributed by atoms with van der Waals surface area (Å²) in [5, 5.41) is 10.2. The van der Waals surface area contributed by atoms with Crippen molar-refractivity contribution in [3.63, 3.8) is 0 Å². The molecular weight excluding hydrogens is 537 g/mol. The third-order valence-corrected chi connectivity index (χ3v) is 6.92. The van der Waals surface area contributed by atoms with E-state index >= 15 is 0 Å². The lowest BCUT2D eigenvalue weighted by Crippen LogP contribution is -2.40. The number of aromatic nitrogens is 3. The predicted molar refractivity (Wildman–Crippen MR) is 141 cm³/mol. The molecule has 206 valence electrons. The maximum atomic E-state index is 13.3. The summed E-state index contributed by atoms with van der Waals surface area (Å²) in [6.45, 7) is 2.33. The van der Waals surface area contributed by atoms with Gasteiger partial charge in [-0.05, 0) is 62.9 Å². The fourth-order valence-corrected chi connectivity index (χ4v) is 4.86. The molecule has 0 fully saturated rings. The van der Waals surface area contributed by atoms with Crippen LogP contribution < -0.4 is 16.0 Å². The minimum absolute atomic E-state index is 0.0628. The summed E-state index contributed by atoms with van der Waals surface area (Å²) >= 11 is 1.14. The van der Waals surface area contributed by atoms with Crippen LogP contribution in [0.4, 0.5) is 13.2 Å². The van der Waals surface area contributed by atoms with Crippen molar-refractivity contribution in [2.75, 3.05) is 20.6 Å². The van der Waals surface area contributed by atoms with Crippen LogP contribution >= 0.6 is 11.5 Å². The average molecular weight is 563 g/mol. The highest BCUT2D eigenvalue weighted by Crippen LogP contribution is 2.38. The van der Waals surface area contributed by atoms with E-state index in [1.807, 2.05) is 25.9 Å². The molecule has 2 aromatic heterocycles. The quantitative estimate of drug-likeness (QED) is 0.347. The Kier molecular flexibility index (Phi) is 7.66. The van der Waals surface area contributed by atoms with E-state index in [0.717, 1.165) is 24.1 Å². The van der Waals surface area contributed by atoms with E-state index in [1.165, 1.54) is 12.1 Å². The van der Waals surface area contributed by atoms with Gasteiger partial charge in [-0.1, -0.05) is 11.6 Å². The largest absolute Gasteiger partial charge is 0.479 e. The topological polar surface area (TPSA) is 107 Å². The maximum Gasteiger partial charge on any atom is 0.431 e. The van der Waals surface area contributed by atoms with Crippen LogP contribution in [0.1, 0.15) is 17.7 Å². The lowest BCUT2D eigenvalue weighted by atomic mass is 10.0. The van der Waals surface area contributed by atoms with Gasteiger partial charge in [0.1, 0.15) is 11.4 Å². The number of carboxylic acid groups (broad SMARTS) is 1. The number of halogens is 3. The van der Waals surface area contributed by atoms with Gasteiger partial charge in [-0.15, -0.1) is 0 Å². The van der Waals surface area contributed by atoms with Gasteiger partial charge >= 0.3 is 17.8 Å². The third-order valence-electron chi connectivity index (χ3n) is 6.10. The first-order valence-corrected chi connectivity index (χ1v) is 12.5. The number of carboxylic acids is 1. The van der Waals surface area contributed by atoms with E-state index in [4.69, 9.17) is 4.74 Å². The number of rotatable bonds is 8. The van der Waals surface area contributed by atoms with E-state index in [0.29, 0.717) is 43.1 Å². The lowest BCUT2D eigenvalue weighted by Gasteiger charge is -2.19. The highest BCUT2D eigenvalue weighted by atomic mass is 32.1. The Hall–Kier alpha value is -3.97. The first-order valence-electron chi connectivity index (χ1n) is 11.7. The van der Waals surface area contributed by atoms with Crippen LogP contribution in [-0.4, -0.2) is 56.2 Å². The molecule has 0 bridgehead atoms. The zero-order valence-electron chi connectivity index (χ0n) is 21.4. The fourth-order valence-electron chi connectivity index (χ4n) is 4.09. The second kappa shape index (κ2) is 10.7. The molecule has 4 rings (SSSR count). The molecule has 0 saturated carbocycles. The molecule has 0 radical (unpaired) electrons. The van der Waals surface area contributed by atoms with Crippen molar-refractivity contribution in [3.05, 3.63) is 74.6 Å². The van der Waals surface area contributed by atoms with Crippen LogP contribution in [0, 0.1) is 6.92 Å². The minimum Gasteiger partial charge on any atom is -0.479 e. The van der Waals surface area contributed by atoms with Crippen LogP contribution in [0.3, 0.4) is 0 Å². The van der Waals surface area contributed by atoms with Crippen molar-refractivity contribution < 1.29 is 27.8 Å². The van der Waals surface area contributed by atoms with Crippen LogP contribution in [0.2, 0.25) is 0 Å². The summed E-state index contributed by atoms with van der Waals surface area (Å²) < 4.78 is 52.0. The maximum absolute atomic E-state index is 13.3. The van der Waals surface area contributed by atoms with E-state index in [1.54, 1.807) is 24.3 Å². The molecule has 0 aliphatic rings. The molecule has 0 saturated heterocycles. The minimum atomic E-state index is -4.87. The molecule has 2 aromatic carbocycles. The molecule has 0 aliphatic heterocycles. The number of hydrogen-bond donors (Lipinski definition) is 1. The zero-order valence-corrected chi connectivity index (χ0v) is 22.3. The number of aryl methyl sites for hydroxylation is 1. The SMILES string of the molecule is Cc1ccc(OC(CCN(C)C)C(=O)O)c(-c2nsc3ccc(-n4c(=O)cc(C(F)(F)F)n(C)c4=O)cc23)c1. The number of aliphatic carboxylic acids is 1. The molecule has 13 heteroatoms. The molecule has 0 amide bonds. The van der Waals surface area contributed by atoms with Crippen LogP contribution in [0.5, 0.6) is 5.75 Å². The molecule has 1 atom stereocenters. The molecule has 1 N–H and O–H groups in total. The summed E-state index contributed by atoms with van der Waals surface area (Å²) in [6, 6.07) is 10.2. The van der Waals surface area contributed by atoms with Crippen molar-refractivity contribution in [2.45, 2.75) is 25.6 Å². The molecule has 0 aliphatic carbocycles. The van der Waals surface area contributed by atoms with Gasteiger partial charge in [0, 0.05) is 37.0 Å². The van der Waals surface area contributed by atoms with Gasteiger partial charge in [-0.3, -0.25) is 9.36 Å². The Morgan fingerprint density at radius 1 is 1.15 bits per heavy atom. The van der Waals surface area contributed by atoms with Gasteiger partial charge in [-0.2, -0.15) is 17.5 Å². The highest BCUT2D eigenvalue weighted by molar-refractivity contribution is 7.13. The van der Waals surface area contributed by atoms with Gasteiger partial charge in [0.25, 0.3) is 5.56 Å². The van der Waals surface area contributed by atoms with Gasteiger partial charge in [0.2, 0.25) is 0 Å². The Bertz CT molecular complexity index is 1670. The highest BCUT2D eigenvalue weighted by Gasteiger charge is 2.35. The van der Waals surface area contributed by atoms with Gasteiger partial charge in [0.15, 0.2) is 6.10 Å². The van der Waals surface area contributed by atoms with E-state index < -0.39 is 35.2 Å². The lowest BCUT2D eigenvalue weighted by molar-refractivity contribution is -0.145. The Labute approximate surface area is 224 Å². The van der Waals surface area contributed by atoms with Crippen molar-refractivity contribution in [2.24, 2.45) is 7.05 Å². The number of nitrogens with zero attached hydrogens (tertiary/aromatic N) is 4. The molecule has 9 nitrogen and oxygen atoms in total. The number of hydrogen-bond acceptors (Lipinski definition) is 7. The summed E-state index contributed by atoms with van der Waals surface area (Å²) in [5.74, 6) is -0.835. The average Bonchev–Trinajstić information content (AvgIpc) is 3.27. The van der Waals surface area contributed by atoms with Gasteiger partial charge < -0.3 is 14.7 Å². The van der Waals surface area contributed by atoms with Crippen LogP contribution in [0.25, 0.3) is 27.0 Å². The monoisotopic (exact) mass is 562 g/mol. The van der Waals surface area contributed by atoms with Crippen molar-refractivity contribution in [1.29, 1.82) is 0 Å². The van der Waals surface area contributed by atoms with Crippen molar-refractivity contribution in [1.82, 2.24) is 18.4 Å². The predicted octanol–water partition coefficient (Wildman–Crippen LogP) is 3.92. The van der Waals surface area contributed by atoms with E-state index in [9.17, 15) is 32.7 Å². The first kappa shape index (κ1) is 28.0. The van der Waals surface area contributed by atoms with Crippen molar-refractivity contribution >= 4 is 27.6 Å². The second-order valence-corrected chi connectivity index (χ2v) is 10.1. The standard InChI is InChI=1S/C26H25F3N4O5S/c1-14-5-7-18(38-19(24(35)36)9-10-31(2)3)16(11-14)23-17-12-15(6-8-20(17)39-30-23)33-22(34)13-21(26(27,28)29)32(4)25(33)37/h5-8,11-13,19H,9-10H2,1-4H3,(H,35,36). The van der Waals surface area contributed by atoms with Gasteiger partial charge in [0.05, 0.1) is 16.1 Å². The smallest absolute Gasteiger partial charge is 0.431 e. The number of fused-ring (bicyclic) bond motifs is 1. The third kappa shape index (κ3) is 5.73. The first-order chi connectivity index (χ1) is 18.3. The summed E-state index contributed by atoms with van der Waals surface area (Å²) in [7, 11) is 4.60. The number of ether oxygens (including phenoxy) is 1. The van der Waals surface area contributed by atoms with Crippen molar-refractivity contribution in [3.8, 4) is 22.7 Å². The molecule has 39 heavy (non-hydrogen) atoms. The summed E-state index contributed by atoms with van der Waals surface area (Å²) in [6.07, 6.45) is -5.76. The number of benzene rings is 2. The van der Waals surface area contributed by atoms with E-state index in [2.05, 4.69) is 4.37 Å². The molecule has 0 spiro atoms. The molecule has 4 aromatic rings. The normalized spacial score (nSPS) is 12.7. The van der Waals surface area contributed by atoms with Gasteiger partial charge in [-0.25, -0.2) is 14.2 Å². The van der Waals surface area contributed by atoms with Crippen LogP contribution in [0.15, 0.2) is 52.1 Å². The van der Waals surface area contributed by atoms with E-state index in [-0.39, 0.29) is 17.9 Å². The fraction of sp³-hybridized carbons (Fsp3) is 0.308. The Morgan fingerprint density at radius 2 is 1.87 bits per heavy atom. The Morgan fingerprint density at radius 3 is 2.51 bits per heavy atom. The van der Waals surface area contributed by atoms with Crippen LogP contribution in [-0.2, 0) is 18.0 Å². The second-order valence-electron chi connectivity index (χ2n) is 9.29. The Balaban J connectivity index is 1.84.